The van der Waals surface area contributed by atoms with Crippen molar-refractivity contribution in [3.05, 3.63) is 77.2 Å². The Balaban J connectivity index is 1.67. The Hall–Kier alpha value is -2.49. The number of hydrogen-bond donors (Lipinski definition) is 1. The number of nitrogens with one attached hydrogen (secondary N) is 1. The molecule has 2 heterocycles. The Morgan fingerprint density at radius 1 is 1.17 bits per heavy atom. The molecule has 2 atom stereocenters. The summed E-state index contributed by atoms with van der Waals surface area (Å²) in [7, 11) is -2.11. The summed E-state index contributed by atoms with van der Waals surface area (Å²) in [5, 5.41) is 2.76. The Labute approximate surface area is 178 Å². The van der Waals surface area contributed by atoms with Crippen LogP contribution in [0.4, 0.5) is 14.5 Å². The Morgan fingerprint density at radius 2 is 1.90 bits per heavy atom. The first-order valence-corrected chi connectivity index (χ1v) is 11.0. The van der Waals surface area contributed by atoms with Gasteiger partial charge in [-0.15, -0.1) is 0 Å². The lowest BCUT2D eigenvalue weighted by Crippen LogP contribution is -2.32. The molecule has 0 aliphatic carbocycles. The lowest BCUT2D eigenvalue weighted by Gasteiger charge is -2.21. The fourth-order valence-electron chi connectivity index (χ4n) is 3.66. The number of anilines is 1. The zero-order chi connectivity index (χ0) is 21.5. The maximum absolute atomic E-state index is 13.8. The van der Waals surface area contributed by atoms with Crippen molar-refractivity contribution in [1.29, 1.82) is 0 Å². The summed E-state index contributed by atoms with van der Waals surface area (Å²) in [6.07, 6.45) is 2.87. The van der Waals surface area contributed by atoms with Gasteiger partial charge in [-0.05, 0) is 11.6 Å². The van der Waals surface area contributed by atoms with Crippen molar-refractivity contribution in [2.24, 2.45) is 7.05 Å². The summed E-state index contributed by atoms with van der Waals surface area (Å²) in [6.45, 7) is 0.354. The maximum Gasteiger partial charge on any atom is 0.262 e. The van der Waals surface area contributed by atoms with Crippen LogP contribution in [0.5, 0.6) is 0 Å². The van der Waals surface area contributed by atoms with Gasteiger partial charge in [0.15, 0.2) is 16.7 Å². The van der Waals surface area contributed by atoms with Crippen molar-refractivity contribution in [3.63, 3.8) is 0 Å². The van der Waals surface area contributed by atoms with Crippen molar-refractivity contribution in [3.8, 4) is 0 Å². The normalized spacial score (nSPS) is 19.9. The molecule has 2 aromatic carbocycles. The van der Waals surface area contributed by atoms with Crippen molar-refractivity contribution in [2.75, 3.05) is 18.4 Å². The summed E-state index contributed by atoms with van der Waals surface area (Å²) in [4.78, 5) is 3.98. The van der Waals surface area contributed by atoms with Crippen LogP contribution in [-0.4, -0.2) is 41.4 Å². The van der Waals surface area contributed by atoms with E-state index in [1.54, 1.807) is 11.6 Å². The van der Waals surface area contributed by atoms with Gasteiger partial charge in [0.1, 0.15) is 0 Å². The van der Waals surface area contributed by atoms with Gasteiger partial charge in [0.05, 0.1) is 11.3 Å². The van der Waals surface area contributed by atoms with Gasteiger partial charge in [0, 0.05) is 50.0 Å². The maximum atomic E-state index is 13.8. The van der Waals surface area contributed by atoms with E-state index in [4.69, 9.17) is 11.6 Å². The number of hydrogen-bond acceptors (Lipinski definition) is 4. The van der Waals surface area contributed by atoms with E-state index < -0.39 is 21.7 Å². The molecule has 1 N–H and O–H groups in total. The SMILES string of the molecule is Cn1cnc(S(=O)(=O)N2CC(Nc3cc(F)c(F)c(Cl)c3)C(c3ccccc3)C2)c1. The molecule has 30 heavy (non-hydrogen) atoms. The number of sulfonamides is 1. The molecule has 1 saturated heterocycles. The van der Waals surface area contributed by atoms with Crippen LogP contribution in [0.3, 0.4) is 0 Å². The average molecular weight is 453 g/mol. The summed E-state index contributed by atoms with van der Waals surface area (Å²) >= 11 is 5.77. The molecule has 0 bridgehead atoms. The molecule has 0 spiro atoms. The molecule has 1 aromatic heterocycles. The third kappa shape index (κ3) is 3.92. The van der Waals surface area contributed by atoms with Crippen LogP contribution >= 0.6 is 11.6 Å². The van der Waals surface area contributed by atoms with Crippen molar-refractivity contribution in [1.82, 2.24) is 13.9 Å². The smallest absolute Gasteiger partial charge is 0.262 e. The van der Waals surface area contributed by atoms with Crippen LogP contribution in [0.1, 0.15) is 11.5 Å². The second-order valence-electron chi connectivity index (χ2n) is 7.22. The molecule has 1 aliphatic rings. The Morgan fingerprint density at radius 3 is 2.53 bits per heavy atom. The number of imidazole rings is 1. The Bertz CT molecular complexity index is 1150. The second-order valence-corrected chi connectivity index (χ2v) is 9.51. The molecule has 1 fully saturated rings. The summed E-state index contributed by atoms with van der Waals surface area (Å²) in [5.74, 6) is -2.40. The van der Waals surface area contributed by atoms with Crippen LogP contribution in [0.25, 0.3) is 0 Å². The van der Waals surface area contributed by atoms with Crippen LogP contribution in [0.15, 0.2) is 60.0 Å². The quantitative estimate of drug-likeness (QED) is 0.600. The highest BCUT2D eigenvalue weighted by Gasteiger charge is 2.41. The molecule has 158 valence electrons. The fraction of sp³-hybridized carbons (Fsp3) is 0.250. The van der Waals surface area contributed by atoms with Crippen LogP contribution in [-0.2, 0) is 17.1 Å². The van der Waals surface area contributed by atoms with E-state index in [-0.39, 0.29) is 40.8 Å². The standard InChI is InChI=1S/C20H19ClF2N4O2S/c1-26-11-19(24-12-26)30(28,29)27-9-15(13-5-3-2-4-6-13)18(10-27)25-14-7-16(21)20(23)17(22)8-14/h2-8,11-12,15,18,25H,9-10H2,1H3. The molecular formula is C20H19ClF2N4O2S. The van der Waals surface area contributed by atoms with Crippen LogP contribution < -0.4 is 5.32 Å². The predicted octanol–water partition coefficient (Wildman–Crippen LogP) is 3.62. The zero-order valence-electron chi connectivity index (χ0n) is 16.0. The van der Waals surface area contributed by atoms with E-state index in [2.05, 4.69) is 10.3 Å². The van der Waals surface area contributed by atoms with Gasteiger partial charge in [0.2, 0.25) is 0 Å². The fourth-order valence-corrected chi connectivity index (χ4v) is 5.32. The van der Waals surface area contributed by atoms with E-state index in [1.165, 1.54) is 22.9 Å². The first kappa shape index (κ1) is 20.8. The number of benzene rings is 2. The van der Waals surface area contributed by atoms with E-state index >= 15 is 0 Å². The largest absolute Gasteiger partial charge is 0.380 e. The zero-order valence-corrected chi connectivity index (χ0v) is 17.5. The van der Waals surface area contributed by atoms with Gasteiger partial charge in [-0.1, -0.05) is 41.9 Å². The number of aryl methyl sites for hydroxylation is 1. The van der Waals surface area contributed by atoms with Crippen molar-refractivity contribution < 1.29 is 17.2 Å². The van der Waals surface area contributed by atoms with Gasteiger partial charge < -0.3 is 9.88 Å². The van der Waals surface area contributed by atoms with Crippen LogP contribution in [0.2, 0.25) is 5.02 Å². The van der Waals surface area contributed by atoms with Gasteiger partial charge in [0.25, 0.3) is 10.0 Å². The van der Waals surface area contributed by atoms with Gasteiger partial charge in [-0.3, -0.25) is 0 Å². The Kier molecular flexibility index (Phi) is 5.52. The number of aromatic nitrogens is 2. The van der Waals surface area contributed by atoms with E-state index in [1.807, 2.05) is 30.3 Å². The van der Waals surface area contributed by atoms with E-state index in [0.717, 1.165) is 11.6 Å². The molecule has 10 heteroatoms. The number of nitrogens with zero attached hydrogens (tertiary/aromatic N) is 3. The molecule has 6 nitrogen and oxygen atoms in total. The van der Waals surface area contributed by atoms with Crippen molar-refractivity contribution >= 4 is 27.3 Å². The molecule has 1 aliphatic heterocycles. The topological polar surface area (TPSA) is 67.2 Å². The molecule has 0 saturated carbocycles. The van der Waals surface area contributed by atoms with Crippen molar-refractivity contribution in [2.45, 2.75) is 17.0 Å². The molecule has 2 unspecified atom stereocenters. The second kappa shape index (κ2) is 7.98. The summed E-state index contributed by atoms with van der Waals surface area (Å²) < 4.78 is 56.4. The molecule has 0 amide bonds. The summed E-state index contributed by atoms with van der Waals surface area (Å²) in [6, 6.07) is 11.4. The average Bonchev–Trinajstić information content (AvgIpc) is 3.34. The van der Waals surface area contributed by atoms with Crippen LogP contribution in [0, 0.1) is 11.6 Å². The molecular weight excluding hydrogens is 434 g/mol. The highest BCUT2D eigenvalue weighted by molar-refractivity contribution is 7.89. The third-order valence-electron chi connectivity index (χ3n) is 5.14. The highest BCUT2D eigenvalue weighted by atomic mass is 35.5. The number of halogens is 3. The first-order valence-electron chi connectivity index (χ1n) is 9.20. The monoisotopic (exact) mass is 452 g/mol. The first-order chi connectivity index (χ1) is 14.3. The van der Waals surface area contributed by atoms with Gasteiger partial charge in [-0.2, -0.15) is 4.31 Å². The minimum atomic E-state index is -3.81. The molecule has 0 radical (unpaired) electrons. The van der Waals surface area contributed by atoms with Gasteiger partial charge in [-0.25, -0.2) is 22.2 Å². The minimum Gasteiger partial charge on any atom is -0.380 e. The van der Waals surface area contributed by atoms with Gasteiger partial charge >= 0.3 is 0 Å². The lowest BCUT2D eigenvalue weighted by atomic mass is 9.94. The molecule has 4 rings (SSSR count). The predicted molar refractivity (Wildman–Crippen MR) is 110 cm³/mol. The van der Waals surface area contributed by atoms with E-state index in [9.17, 15) is 17.2 Å². The molecule has 3 aromatic rings. The minimum absolute atomic E-state index is 0.0340. The summed E-state index contributed by atoms with van der Waals surface area (Å²) in [5.41, 5.74) is 1.21. The lowest BCUT2D eigenvalue weighted by molar-refractivity contribution is 0.468. The highest BCUT2D eigenvalue weighted by Crippen LogP contribution is 2.34. The van der Waals surface area contributed by atoms with E-state index in [0.29, 0.717) is 0 Å². The number of rotatable bonds is 5. The third-order valence-corrected chi connectivity index (χ3v) is 7.13.